The van der Waals surface area contributed by atoms with Crippen molar-refractivity contribution in [1.82, 2.24) is 15.1 Å². The molecule has 1 atom stereocenters. The molecule has 3 amide bonds. The third-order valence-corrected chi connectivity index (χ3v) is 6.51. The van der Waals surface area contributed by atoms with Gasteiger partial charge < -0.3 is 10.4 Å². The molecule has 146 valence electrons. The lowest BCUT2D eigenvalue weighted by atomic mass is 9.82. The summed E-state index contributed by atoms with van der Waals surface area (Å²) in [6.45, 7) is 1.94. The Bertz CT molecular complexity index is 679. The van der Waals surface area contributed by atoms with E-state index >= 15 is 0 Å². The molecule has 1 aliphatic carbocycles. The van der Waals surface area contributed by atoms with E-state index in [4.69, 9.17) is 0 Å². The maximum Gasteiger partial charge on any atom is 0.326 e. The summed E-state index contributed by atoms with van der Waals surface area (Å²) in [6, 6.07) is 9.55. The predicted molar refractivity (Wildman–Crippen MR) is 102 cm³/mol. The van der Waals surface area contributed by atoms with Gasteiger partial charge in [0.15, 0.2) is 0 Å². The minimum absolute atomic E-state index is 0.0429. The largest absolute Gasteiger partial charge is 0.388 e. The Morgan fingerprint density at radius 1 is 1.07 bits per heavy atom. The normalized spacial score (nSPS) is 25.0. The molecular weight excluding hydrogens is 342 g/mol. The fraction of sp³-hybridized carbons (Fsp3) is 0.619. The molecule has 0 bridgehead atoms. The number of amides is 3. The van der Waals surface area contributed by atoms with E-state index in [0.29, 0.717) is 6.67 Å². The van der Waals surface area contributed by atoms with Crippen LogP contribution in [0, 0.1) is 5.92 Å². The number of piperidine rings is 1. The monoisotopic (exact) mass is 371 g/mol. The summed E-state index contributed by atoms with van der Waals surface area (Å²) in [5.74, 6) is 0.176. The Kier molecular flexibility index (Phi) is 5.19. The Morgan fingerprint density at radius 3 is 2.41 bits per heavy atom. The van der Waals surface area contributed by atoms with E-state index in [2.05, 4.69) is 10.2 Å². The van der Waals surface area contributed by atoms with Crippen LogP contribution in [0.25, 0.3) is 0 Å². The number of nitrogens with one attached hydrogen (secondary N) is 1. The molecule has 1 aromatic carbocycles. The third-order valence-electron chi connectivity index (χ3n) is 6.51. The molecule has 1 aromatic rings. The molecule has 0 radical (unpaired) electrons. The highest BCUT2D eigenvalue weighted by Crippen LogP contribution is 2.35. The first-order valence-corrected chi connectivity index (χ1v) is 10.2. The number of carbonyl (C=O) groups is 2. The summed E-state index contributed by atoms with van der Waals surface area (Å²) in [6.07, 6.45) is 5.96. The summed E-state index contributed by atoms with van der Waals surface area (Å²) in [7, 11) is 0. The maximum atomic E-state index is 12.9. The second kappa shape index (κ2) is 7.60. The summed E-state index contributed by atoms with van der Waals surface area (Å²) in [4.78, 5) is 28.9. The van der Waals surface area contributed by atoms with Gasteiger partial charge in [-0.15, -0.1) is 0 Å². The number of aliphatic hydroxyl groups is 1. The minimum atomic E-state index is -0.642. The number of hydrogen-bond donors (Lipinski definition) is 2. The highest BCUT2D eigenvalue weighted by atomic mass is 16.3. The number of urea groups is 1. The lowest BCUT2D eigenvalue weighted by Gasteiger charge is -2.36. The highest BCUT2D eigenvalue weighted by molar-refractivity contribution is 6.07. The van der Waals surface area contributed by atoms with Gasteiger partial charge in [0.25, 0.3) is 5.91 Å². The molecule has 3 fully saturated rings. The Labute approximate surface area is 160 Å². The molecule has 6 nitrogen and oxygen atoms in total. The van der Waals surface area contributed by atoms with E-state index in [0.717, 1.165) is 63.6 Å². The van der Waals surface area contributed by atoms with Crippen LogP contribution < -0.4 is 5.32 Å². The molecule has 2 saturated heterocycles. The predicted octanol–water partition coefficient (Wildman–Crippen LogP) is 2.64. The van der Waals surface area contributed by atoms with Crippen molar-refractivity contribution >= 4 is 11.9 Å². The topological polar surface area (TPSA) is 72.9 Å². The van der Waals surface area contributed by atoms with Gasteiger partial charge in [0, 0.05) is 13.1 Å². The average molecular weight is 371 g/mol. The van der Waals surface area contributed by atoms with Crippen molar-refractivity contribution in [2.45, 2.75) is 56.6 Å². The zero-order chi connectivity index (χ0) is 18.9. The fourth-order valence-corrected chi connectivity index (χ4v) is 4.83. The number of rotatable bonds is 4. The molecule has 0 aromatic heterocycles. The van der Waals surface area contributed by atoms with Crippen LogP contribution in [-0.2, 0) is 4.79 Å². The van der Waals surface area contributed by atoms with E-state index in [1.807, 2.05) is 30.3 Å². The van der Waals surface area contributed by atoms with Gasteiger partial charge >= 0.3 is 6.03 Å². The van der Waals surface area contributed by atoms with Gasteiger partial charge in [-0.3, -0.25) is 9.69 Å². The van der Waals surface area contributed by atoms with Crippen LogP contribution in [0.1, 0.15) is 56.6 Å². The fourth-order valence-electron chi connectivity index (χ4n) is 4.83. The molecule has 27 heavy (non-hydrogen) atoms. The molecule has 1 saturated carbocycles. The second-order valence-electron chi connectivity index (χ2n) is 8.26. The summed E-state index contributed by atoms with van der Waals surface area (Å²) < 4.78 is 0. The van der Waals surface area contributed by atoms with Gasteiger partial charge in [-0.1, -0.05) is 49.6 Å². The van der Waals surface area contributed by atoms with Gasteiger partial charge in [0.2, 0.25) is 0 Å². The zero-order valence-corrected chi connectivity index (χ0v) is 15.8. The van der Waals surface area contributed by atoms with Crippen molar-refractivity contribution in [3.05, 3.63) is 35.9 Å². The van der Waals surface area contributed by atoms with E-state index in [1.165, 1.54) is 4.90 Å². The molecule has 2 heterocycles. The van der Waals surface area contributed by atoms with Crippen molar-refractivity contribution < 1.29 is 14.7 Å². The number of benzene rings is 1. The maximum absolute atomic E-state index is 12.9. The molecule has 3 aliphatic rings. The molecule has 2 N–H and O–H groups in total. The third kappa shape index (κ3) is 3.60. The summed E-state index contributed by atoms with van der Waals surface area (Å²) >= 11 is 0. The lowest BCUT2D eigenvalue weighted by Crippen LogP contribution is -2.49. The average Bonchev–Trinajstić information content (AvgIpc) is 2.93. The van der Waals surface area contributed by atoms with Crippen molar-refractivity contribution in [2.24, 2.45) is 5.92 Å². The van der Waals surface area contributed by atoms with Gasteiger partial charge in [-0.25, -0.2) is 9.69 Å². The zero-order valence-electron chi connectivity index (χ0n) is 15.8. The van der Waals surface area contributed by atoms with Crippen molar-refractivity contribution in [3.63, 3.8) is 0 Å². The number of carbonyl (C=O) groups excluding carboxylic acids is 2. The van der Waals surface area contributed by atoms with Crippen LogP contribution in [0.15, 0.2) is 30.3 Å². The molecule has 0 unspecified atom stereocenters. The van der Waals surface area contributed by atoms with Gasteiger partial charge in [-0.2, -0.15) is 0 Å². The Balaban J connectivity index is 1.33. The summed E-state index contributed by atoms with van der Waals surface area (Å²) in [5.41, 5.74) is 0.321. The molecule has 2 aliphatic heterocycles. The van der Waals surface area contributed by atoms with E-state index in [-0.39, 0.29) is 17.9 Å². The first-order chi connectivity index (χ1) is 13.1. The first-order valence-electron chi connectivity index (χ1n) is 10.2. The van der Waals surface area contributed by atoms with Gasteiger partial charge in [0.1, 0.15) is 5.54 Å². The van der Waals surface area contributed by atoms with E-state index in [1.54, 1.807) is 0 Å². The van der Waals surface area contributed by atoms with Crippen LogP contribution in [0.3, 0.4) is 0 Å². The lowest BCUT2D eigenvalue weighted by molar-refractivity contribution is -0.134. The first kappa shape index (κ1) is 18.4. The number of nitrogens with zero attached hydrogens (tertiary/aromatic N) is 2. The van der Waals surface area contributed by atoms with Crippen molar-refractivity contribution in [3.8, 4) is 0 Å². The van der Waals surface area contributed by atoms with Gasteiger partial charge in [0.05, 0.1) is 12.8 Å². The summed E-state index contributed by atoms with van der Waals surface area (Å²) in [5, 5.41) is 13.6. The molecule has 4 rings (SSSR count). The number of imide groups is 1. The van der Waals surface area contributed by atoms with Crippen LogP contribution in [0.4, 0.5) is 4.79 Å². The quantitative estimate of drug-likeness (QED) is 0.798. The van der Waals surface area contributed by atoms with Crippen LogP contribution in [-0.4, -0.2) is 52.1 Å². The Morgan fingerprint density at radius 2 is 1.74 bits per heavy atom. The smallest absolute Gasteiger partial charge is 0.326 e. The van der Waals surface area contributed by atoms with Gasteiger partial charge in [-0.05, 0) is 37.2 Å². The number of likely N-dealkylation sites (tertiary alicyclic amines) is 1. The highest BCUT2D eigenvalue weighted by Gasteiger charge is 2.51. The van der Waals surface area contributed by atoms with E-state index in [9.17, 15) is 14.7 Å². The number of hydrogen-bond acceptors (Lipinski definition) is 4. The number of aliphatic hydroxyl groups excluding tert-OH is 1. The molecular formula is C21H29N3O3. The molecule has 1 spiro atoms. The van der Waals surface area contributed by atoms with Crippen molar-refractivity contribution in [1.29, 1.82) is 0 Å². The van der Waals surface area contributed by atoms with E-state index < -0.39 is 11.6 Å². The van der Waals surface area contributed by atoms with Crippen LogP contribution >= 0.6 is 0 Å². The van der Waals surface area contributed by atoms with Crippen molar-refractivity contribution in [2.75, 3.05) is 19.8 Å². The van der Waals surface area contributed by atoms with Crippen LogP contribution in [0.2, 0.25) is 0 Å². The SMILES string of the molecule is O=C1NC2(CCCCC2)C(=O)N1CN1CCC([C@@H](O)c2ccccc2)CC1. The second-order valence-corrected chi connectivity index (χ2v) is 8.26. The standard InChI is InChI=1S/C21H29N3O3/c25-18(16-7-3-1-4-8-16)17-9-13-23(14-10-17)15-24-19(26)21(22-20(24)27)11-5-2-6-12-21/h1,3-4,7-8,17-18,25H,2,5-6,9-15H2,(H,22,27)/t18-/m0/s1. The Hall–Kier alpha value is -1.92. The molecule has 6 heteroatoms. The minimum Gasteiger partial charge on any atom is -0.388 e. The van der Waals surface area contributed by atoms with Crippen LogP contribution in [0.5, 0.6) is 0 Å².